The normalized spacial score (nSPS) is 14.1. The van der Waals surface area contributed by atoms with Gasteiger partial charge in [0.05, 0.1) is 6.20 Å². The van der Waals surface area contributed by atoms with E-state index in [1.54, 1.807) is 14.0 Å². The number of hydrogen-bond donors (Lipinski definition) is 2. The Morgan fingerprint density at radius 3 is 2.80 bits per heavy atom. The van der Waals surface area contributed by atoms with Crippen LogP contribution in [0.4, 0.5) is 0 Å². The second kappa shape index (κ2) is 4.73. The van der Waals surface area contributed by atoms with Crippen LogP contribution in [0.5, 0.6) is 0 Å². The Labute approximate surface area is 89.0 Å². The predicted molar refractivity (Wildman–Crippen MR) is 54.7 cm³/mol. The van der Waals surface area contributed by atoms with Crippen LogP contribution in [-0.2, 0) is 17.1 Å². The van der Waals surface area contributed by atoms with Crippen LogP contribution in [-0.4, -0.2) is 36.0 Å². The van der Waals surface area contributed by atoms with Gasteiger partial charge in [-0.1, -0.05) is 0 Å². The topological polar surface area (TPSA) is 84.2 Å². The molecule has 0 saturated carbocycles. The standard InChI is InChI=1S/C8H15N3O3S/c1-7(3-4-12)10-15(13,14)8-5-9-11(2)6-8/h5-7,10,12H,3-4H2,1-2H3. The zero-order valence-electron chi connectivity index (χ0n) is 8.71. The molecule has 2 N–H and O–H groups in total. The van der Waals surface area contributed by atoms with Crippen LogP contribution in [0.15, 0.2) is 17.3 Å². The maximum Gasteiger partial charge on any atom is 0.243 e. The van der Waals surface area contributed by atoms with E-state index in [1.165, 1.54) is 17.1 Å². The van der Waals surface area contributed by atoms with Gasteiger partial charge in [0.1, 0.15) is 4.90 Å². The average Bonchev–Trinajstić information content (AvgIpc) is 2.51. The van der Waals surface area contributed by atoms with Crippen LogP contribution in [0.2, 0.25) is 0 Å². The predicted octanol–water partition coefficient (Wildman–Crippen LogP) is -0.531. The van der Waals surface area contributed by atoms with E-state index in [0.29, 0.717) is 6.42 Å². The molecule has 0 aliphatic rings. The Kier molecular flexibility index (Phi) is 3.83. The molecule has 15 heavy (non-hydrogen) atoms. The largest absolute Gasteiger partial charge is 0.396 e. The first-order valence-electron chi connectivity index (χ1n) is 4.57. The summed E-state index contributed by atoms with van der Waals surface area (Å²) in [6, 6.07) is -0.291. The van der Waals surface area contributed by atoms with Gasteiger partial charge in [0.15, 0.2) is 0 Å². The second-order valence-corrected chi connectivity index (χ2v) is 5.10. The molecule has 0 fully saturated rings. The third-order valence-corrected chi connectivity index (χ3v) is 3.45. The number of nitrogens with one attached hydrogen (secondary N) is 1. The highest BCUT2D eigenvalue weighted by molar-refractivity contribution is 7.89. The molecule has 6 nitrogen and oxygen atoms in total. The molecule has 0 radical (unpaired) electrons. The zero-order chi connectivity index (χ0) is 11.5. The highest BCUT2D eigenvalue weighted by Crippen LogP contribution is 2.07. The first-order chi connectivity index (χ1) is 6.95. The Bertz CT molecular complexity index is 413. The zero-order valence-corrected chi connectivity index (χ0v) is 9.53. The fourth-order valence-electron chi connectivity index (χ4n) is 1.12. The maximum atomic E-state index is 11.7. The lowest BCUT2D eigenvalue weighted by Crippen LogP contribution is -2.33. The lowest BCUT2D eigenvalue weighted by atomic mass is 10.3. The van der Waals surface area contributed by atoms with Gasteiger partial charge in [-0.05, 0) is 13.3 Å². The Morgan fingerprint density at radius 1 is 1.67 bits per heavy atom. The van der Waals surface area contributed by atoms with Crippen molar-refractivity contribution in [2.24, 2.45) is 7.05 Å². The van der Waals surface area contributed by atoms with Gasteiger partial charge in [-0.15, -0.1) is 0 Å². The van der Waals surface area contributed by atoms with E-state index in [4.69, 9.17) is 5.11 Å². The smallest absolute Gasteiger partial charge is 0.243 e. The molecule has 1 rings (SSSR count). The van der Waals surface area contributed by atoms with Crippen molar-refractivity contribution in [1.82, 2.24) is 14.5 Å². The maximum absolute atomic E-state index is 11.7. The molecule has 1 aromatic rings. The molecule has 0 aromatic carbocycles. The third kappa shape index (κ3) is 3.29. The Balaban J connectivity index is 2.76. The minimum absolute atomic E-state index is 0.0449. The minimum atomic E-state index is -3.51. The molecule has 0 saturated heterocycles. The molecule has 86 valence electrons. The number of aliphatic hydroxyl groups excluding tert-OH is 1. The van der Waals surface area contributed by atoms with Crippen LogP contribution >= 0.6 is 0 Å². The number of aryl methyl sites for hydroxylation is 1. The van der Waals surface area contributed by atoms with Crippen molar-refractivity contribution < 1.29 is 13.5 Å². The molecule has 1 aromatic heterocycles. The molecule has 0 amide bonds. The molecule has 7 heteroatoms. The summed E-state index contributed by atoms with van der Waals surface area (Å²) in [6.45, 7) is 1.65. The first kappa shape index (κ1) is 12.2. The van der Waals surface area contributed by atoms with E-state index >= 15 is 0 Å². The van der Waals surface area contributed by atoms with Gasteiger partial charge in [0.25, 0.3) is 0 Å². The third-order valence-electron chi connectivity index (χ3n) is 1.91. The summed E-state index contributed by atoms with van der Waals surface area (Å²) in [5, 5.41) is 12.4. The molecular weight excluding hydrogens is 218 g/mol. The number of aliphatic hydroxyl groups is 1. The van der Waals surface area contributed by atoms with E-state index in [9.17, 15) is 8.42 Å². The van der Waals surface area contributed by atoms with Crippen molar-refractivity contribution in [1.29, 1.82) is 0 Å². The van der Waals surface area contributed by atoms with E-state index in [0.717, 1.165) is 0 Å². The lowest BCUT2D eigenvalue weighted by Gasteiger charge is -2.11. The summed E-state index contributed by atoms with van der Waals surface area (Å²) < 4.78 is 27.2. The molecule has 0 aliphatic heterocycles. The van der Waals surface area contributed by atoms with E-state index in [2.05, 4.69) is 9.82 Å². The van der Waals surface area contributed by atoms with Crippen LogP contribution in [0.1, 0.15) is 13.3 Å². The molecule has 1 heterocycles. The minimum Gasteiger partial charge on any atom is -0.396 e. The highest BCUT2D eigenvalue weighted by atomic mass is 32.2. The summed E-state index contributed by atoms with van der Waals surface area (Å²) in [5.74, 6) is 0. The molecule has 0 aliphatic carbocycles. The second-order valence-electron chi connectivity index (χ2n) is 3.38. The summed E-state index contributed by atoms with van der Waals surface area (Å²) >= 11 is 0. The number of nitrogens with zero attached hydrogens (tertiary/aromatic N) is 2. The summed E-state index contributed by atoms with van der Waals surface area (Å²) in [6.07, 6.45) is 3.10. The van der Waals surface area contributed by atoms with Gasteiger partial charge in [-0.2, -0.15) is 5.10 Å². The summed E-state index contributed by atoms with van der Waals surface area (Å²) in [7, 11) is -1.86. The fraction of sp³-hybridized carbons (Fsp3) is 0.625. The quantitative estimate of drug-likeness (QED) is 0.716. The molecule has 0 bridgehead atoms. The number of rotatable bonds is 5. The molecule has 1 unspecified atom stereocenters. The molecular formula is C8H15N3O3S. The number of aromatic nitrogens is 2. The highest BCUT2D eigenvalue weighted by Gasteiger charge is 2.18. The van der Waals surface area contributed by atoms with Crippen LogP contribution in [0.25, 0.3) is 0 Å². The first-order valence-corrected chi connectivity index (χ1v) is 6.06. The average molecular weight is 233 g/mol. The van der Waals surface area contributed by atoms with Crippen molar-refractivity contribution in [3.05, 3.63) is 12.4 Å². The summed E-state index contributed by atoms with van der Waals surface area (Å²) in [5.41, 5.74) is 0. The Hall–Kier alpha value is -0.920. The molecule has 1 atom stereocenters. The van der Waals surface area contributed by atoms with Crippen LogP contribution in [0.3, 0.4) is 0 Å². The monoisotopic (exact) mass is 233 g/mol. The SMILES string of the molecule is CC(CCO)NS(=O)(=O)c1cnn(C)c1. The van der Waals surface area contributed by atoms with Crippen molar-refractivity contribution in [2.75, 3.05) is 6.61 Å². The van der Waals surface area contributed by atoms with E-state index in [-0.39, 0.29) is 17.5 Å². The van der Waals surface area contributed by atoms with Crippen molar-refractivity contribution in [3.63, 3.8) is 0 Å². The van der Waals surface area contributed by atoms with Crippen LogP contribution < -0.4 is 4.72 Å². The van der Waals surface area contributed by atoms with Crippen LogP contribution in [0, 0.1) is 0 Å². The number of hydrogen-bond acceptors (Lipinski definition) is 4. The van der Waals surface area contributed by atoms with Gasteiger partial charge in [0.2, 0.25) is 10.0 Å². The lowest BCUT2D eigenvalue weighted by molar-refractivity contribution is 0.275. The summed E-state index contributed by atoms with van der Waals surface area (Å²) in [4.78, 5) is 0.134. The van der Waals surface area contributed by atoms with Gasteiger partial charge in [-0.25, -0.2) is 13.1 Å². The Morgan fingerprint density at radius 2 is 2.33 bits per heavy atom. The van der Waals surface area contributed by atoms with Crippen molar-refractivity contribution in [2.45, 2.75) is 24.3 Å². The van der Waals surface area contributed by atoms with Gasteiger partial charge in [0, 0.05) is 25.9 Å². The van der Waals surface area contributed by atoms with E-state index in [1.807, 2.05) is 0 Å². The van der Waals surface area contributed by atoms with Gasteiger partial charge < -0.3 is 5.11 Å². The van der Waals surface area contributed by atoms with Gasteiger partial charge in [-0.3, -0.25) is 4.68 Å². The van der Waals surface area contributed by atoms with E-state index < -0.39 is 10.0 Å². The van der Waals surface area contributed by atoms with Crippen molar-refractivity contribution in [3.8, 4) is 0 Å². The number of sulfonamides is 1. The fourth-order valence-corrected chi connectivity index (χ4v) is 2.38. The van der Waals surface area contributed by atoms with Gasteiger partial charge >= 0.3 is 0 Å². The molecule has 0 spiro atoms. The van der Waals surface area contributed by atoms with Crippen molar-refractivity contribution >= 4 is 10.0 Å².